The third-order valence-electron chi connectivity index (χ3n) is 5.84. The third-order valence-corrected chi connectivity index (χ3v) is 5.84. The van der Waals surface area contributed by atoms with E-state index in [1.807, 2.05) is 0 Å². The van der Waals surface area contributed by atoms with E-state index in [1.54, 1.807) is 0 Å². The van der Waals surface area contributed by atoms with Crippen LogP contribution in [0.1, 0.15) is 50.5 Å². The van der Waals surface area contributed by atoms with Gasteiger partial charge in [-0.1, -0.05) is 30.3 Å². The van der Waals surface area contributed by atoms with E-state index in [9.17, 15) is 0 Å². The second kappa shape index (κ2) is 4.34. The van der Waals surface area contributed by atoms with Crippen LogP contribution in [-0.2, 0) is 4.74 Å². The van der Waals surface area contributed by atoms with Gasteiger partial charge in [-0.2, -0.15) is 0 Å². The van der Waals surface area contributed by atoms with Crippen LogP contribution in [0, 0.1) is 17.8 Å². The predicted octanol–water partition coefficient (Wildman–Crippen LogP) is 4.39. The molecule has 1 aromatic rings. The minimum Gasteiger partial charge on any atom is -0.375 e. The quantitative estimate of drug-likeness (QED) is 0.779. The summed E-state index contributed by atoms with van der Waals surface area (Å²) in [7, 11) is 0. The fourth-order valence-corrected chi connectivity index (χ4v) is 5.70. The van der Waals surface area contributed by atoms with Gasteiger partial charge in [0.05, 0.1) is 5.60 Å². The Labute approximate surface area is 116 Å². The molecule has 3 unspecified atom stereocenters. The molecule has 0 aromatic heterocycles. The van der Waals surface area contributed by atoms with Crippen molar-refractivity contribution in [1.29, 1.82) is 0 Å². The van der Waals surface area contributed by atoms with Gasteiger partial charge in [-0.3, -0.25) is 0 Å². The third kappa shape index (κ3) is 1.78. The van der Waals surface area contributed by atoms with Crippen LogP contribution in [0.3, 0.4) is 0 Å². The average molecular weight is 256 g/mol. The van der Waals surface area contributed by atoms with Crippen molar-refractivity contribution >= 4 is 0 Å². The average Bonchev–Trinajstić information content (AvgIpc) is 2.38. The number of hydrogen-bond donors (Lipinski definition) is 0. The van der Waals surface area contributed by atoms with Gasteiger partial charge in [0, 0.05) is 12.5 Å². The smallest absolute Gasteiger partial charge is 0.0758 e. The van der Waals surface area contributed by atoms with Gasteiger partial charge < -0.3 is 4.74 Å². The molecule has 0 spiro atoms. The molecule has 1 heteroatoms. The van der Waals surface area contributed by atoms with Crippen LogP contribution >= 0.6 is 0 Å². The molecular weight excluding hydrogens is 232 g/mol. The predicted molar refractivity (Wildman–Crippen MR) is 77.1 cm³/mol. The molecule has 0 N–H and O–H groups in total. The summed E-state index contributed by atoms with van der Waals surface area (Å²) in [5.41, 5.74) is 1.70. The van der Waals surface area contributed by atoms with Crippen molar-refractivity contribution in [3.8, 4) is 0 Å². The van der Waals surface area contributed by atoms with Gasteiger partial charge in [-0.25, -0.2) is 0 Å². The molecule has 4 bridgehead atoms. The van der Waals surface area contributed by atoms with E-state index >= 15 is 0 Å². The van der Waals surface area contributed by atoms with Crippen LogP contribution < -0.4 is 0 Å². The summed E-state index contributed by atoms with van der Waals surface area (Å²) in [5, 5.41) is 0. The maximum Gasteiger partial charge on any atom is 0.0758 e. The SMILES string of the molecule is CCOC12CC3CC(CC(C3)C1c1ccccc1)C2. The molecule has 1 nitrogen and oxygen atoms in total. The Bertz CT molecular complexity index is 438. The summed E-state index contributed by atoms with van der Waals surface area (Å²) in [6, 6.07) is 11.2. The Kier molecular flexibility index (Phi) is 2.73. The molecule has 0 aliphatic heterocycles. The summed E-state index contributed by atoms with van der Waals surface area (Å²) >= 11 is 0. The summed E-state index contributed by atoms with van der Waals surface area (Å²) < 4.78 is 6.41. The Hall–Kier alpha value is -0.820. The number of benzene rings is 1. The fraction of sp³-hybridized carbons (Fsp3) is 0.667. The molecule has 0 amide bonds. The molecule has 4 fully saturated rings. The molecular formula is C18H24O. The second-order valence-corrected chi connectivity index (χ2v) is 6.99. The van der Waals surface area contributed by atoms with Crippen LogP contribution in [0.4, 0.5) is 0 Å². The van der Waals surface area contributed by atoms with E-state index in [0.29, 0.717) is 5.92 Å². The first-order valence-corrected chi connectivity index (χ1v) is 7.99. The Morgan fingerprint density at radius 1 is 1.05 bits per heavy atom. The van der Waals surface area contributed by atoms with Crippen molar-refractivity contribution in [2.45, 2.75) is 50.5 Å². The standard InChI is InChI=1S/C18H24O/c1-2-19-18-11-13-8-14(12-18)10-16(9-13)17(18)15-6-4-3-5-7-15/h3-7,13-14,16-17H,2,8-12H2,1H3. The van der Waals surface area contributed by atoms with Crippen molar-refractivity contribution in [1.82, 2.24) is 0 Å². The molecule has 4 saturated carbocycles. The van der Waals surface area contributed by atoms with Crippen molar-refractivity contribution in [2.24, 2.45) is 17.8 Å². The number of hydrogen-bond acceptors (Lipinski definition) is 1. The molecule has 0 heterocycles. The minimum atomic E-state index is 0.171. The zero-order chi connectivity index (χ0) is 12.9. The lowest BCUT2D eigenvalue weighted by Crippen LogP contribution is -2.57. The minimum absolute atomic E-state index is 0.171. The molecule has 19 heavy (non-hydrogen) atoms. The Balaban J connectivity index is 1.75. The van der Waals surface area contributed by atoms with E-state index in [4.69, 9.17) is 4.74 Å². The molecule has 4 aliphatic rings. The number of ether oxygens (including phenoxy) is 1. The lowest BCUT2D eigenvalue weighted by atomic mass is 9.48. The Morgan fingerprint density at radius 2 is 1.74 bits per heavy atom. The summed E-state index contributed by atoms with van der Waals surface area (Å²) in [4.78, 5) is 0. The highest BCUT2D eigenvalue weighted by molar-refractivity contribution is 5.28. The molecule has 4 aliphatic carbocycles. The van der Waals surface area contributed by atoms with Gasteiger partial charge >= 0.3 is 0 Å². The maximum absolute atomic E-state index is 6.41. The van der Waals surface area contributed by atoms with Crippen molar-refractivity contribution in [2.75, 3.05) is 6.61 Å². The lowest BCUT2D eigenvalue weighted by Gasteiger charge is -2.61. The first-order valence-electron chi connectivity index (χ1n) is 7.99. The highest BCUT2D eigenvalue weighted by Gasteiger charge is 2.57. The van der Waals surface area contributed by atoms with E-state index in [-0.39, 0.29) is 5.60 Å². The molecule has 0 radical (unpaired) electrons. The highest BCUT2D eigenvalue weighted by Crippen LogP contribution is 2.63. The van der Waals surface area contributed by atoms with Crippen molar-refractivity contribution in [3.63, 3.8) is 0 Å². The van der Waals surface area contributed by atoms with Crippen LogP contribution in [0.25, 0.3) is 0 Å². The number of rotatable bonds is 3. The monoisotopic (exact) mass is 256 g/mol. The summed E-state index contributed by atoms with van der Waals surface area (Å²) in [6.07, 6.45) is 7.00. The maximum atomic E-state index is 6.41. The van der Waals surface area contributed by atoms with Crippen LogP contribution in [-0.4, -0.2) is 12.2 Å². The fourth-order valence-electron chi connectivity index (χ4n) is 5.70. The first-order chi connectivity index (χ1) is 9.31. The second-order valence-electron chi connectivity index (χ2n) is 6.99. The van der Waals surface area contributed by atoms with Crippen molar-refractivity contribution in [3.05, 3.63) is 35.9 Å². The largest absolute Gasteiger partial charge is 0.375 e. The van der Waals surface area contributed by atoms with Gasteiger partial charge in [0.25, 0.3) is 0 Å². The van der Waals surface area contributed by atoms with E-state index in [1.165, 1.54) is 37.7 Å². The van der Waals surface area contributed by atoms with Gasteiger partial charge in [-0.15, -0.1) is 0 Å². The van der Waals surface area contributed by atoms with Gasteiger partial charge in [0.2, 0.25) is 0 Å². The lowest BCUT2D eigenvalue weighted by molar-refractivity contribution is -0.175. The Morgan fingerprint density at radius 3 is 2.37 bits per heavy atom. The topological polar surface area (TPSA) is 9.23 Å². The van der Waals surface area contributed by atoms with Crippen LogP contribution in [0.2, 0.25) is 0 Å². The summed E-state index contributed by atoms with van der Waals surface area (Å²) in [5.74, 6) is 3.43. The molecule has 3 atom stereocenters. The first kappa shape index (κ1) is 12.0. The molecule has 0 saturated heterocycles. The zero-order valence-electron chi connectivity index (χ0n) is 11.8. The van der Waals surface area contributed by atoms with Crippen LogP contribution in [0.15, 0.2) is 30.3 Å². The summed E-state index contributed by atoms with van der Waals surface area (Å²) in [6.45, 7) is 3.04. The highest BCUT2D eigenvalue weighted by atomic mass is 16.5. The normalized spacial score (nSPS) is 43.6. The van der Waals surface area contributed by atoms with Gasteiger partial charge in [-0.05, 0) is 62.3 Å². The molecule has 102 valence electrons. The van der Waals surface area contributed by atoms with E-state index < -0.39 is 0 Å². The van der Waals surface area contributed by atoms with Crippen LogP contribution in [0.5, 0.6) is 0 Å². The molecule has 1 aromatic carbocycles. The van der Waals surface area contributed by atoms with Gasteiger partial charge in [0.15, 0.2) is 0 Å². The van der Waals surface area contributed by atoms with Crippen molar-refractivity contribution < 1.29 is 4.74 Å². The van der Waals surface area contributed by atoms with E-state index in [2.05, 4.69) is 37.3 Å². The van der Waals surface area contributed by atoms with Gasteiger partial charge in [0.1, 0.15) is 0 Å². The van der Waals surface area contributed by atoms with E-state index in [0.717, 1.165) is 24.4 Å². The zero-order valence-corrected chi connectivity index (χ0v) is 11.8. The molecule has 5 rings (SSSR count).